The number of benzene rings is 1. The van der Waals surface area contributed by atoms with Crippen LogP contribution in [0.25, 0.3) is 0 Å². The Labute approximate surface area is 98.8 Å². The first-order chi connectivity index (χ1) is 7.52. The van der Waals surface area contributed by atoms with E-state index in [1.54, 1.807) is 0 Å². The number of aryl methyl sites for hydroxylation is 1. The maximum atomic E-state index is 5.81. The Morgan fingerprint density at radius 3 is 2.62 bits per heavy atom. The van der Waals surface area contributed by atoms with Crippen LogP contribution in [-0.2, 0) is 6.54 Å². The minimum Gasteiger partial charge on any atom is -0.399 e. The lowest BCUT2D eigenvalue weighted by molar-refractivity contribution is 0.304. The highest BCUT2D eigenvalue weighted by atomic mass is 15.1. The molecule has 0 heterocycles. The third-order valence-electron chi connectivity index (χ3n) is 2.68. The summed E-state index contributed by atoms with van der Waals surface area (Å²) in [7, 11) is 0. The Balaban J connectivity index is 2.70. The van der Waals surface area contributed by atoms with Crippen LogP contribution in [0, 0.1) is 6.92 Å². The van der Waals surface area contributed by atoms with Gasteiger partial charge in [0.15, 0.2) is 0 Å². The van der Waals surface area contributed by atoms with Gasteiger partial charge in [-0.1, -0.05) is 31.2 Å². The summed E-state index contributed by atoms with van der Waals surface area (Å²) in [6.07, 6.45) is 0. The number of nitrogen functional groups attached to an aromatic ring is 1. The van der Waals surface area contributed by atoms with E-state index in [1.165, 1.54) is 11.1 Å². The van der Waals surface area contributed by atoms with Gasteiger partial charge >= 0.3 is 0 Å². The second-order valence-corrected chi connectivity index (χ2v) is 4.45. The molecule has 0 spiro atoms. The fourth-order valence-corrected chi connectivity index (χ4v) is 1.76. The molecule has 0 atom stereocenters. The van der Waals surface area contributed by atoms with E-state index in [1.807, 2.05) is 13.0 Å². The van der Waals surface area contributed by atoms with Crippen molar-refractivity contribution in [3.63, 3.8) is 0 Å². The summed E-state index contributed by atoms with van der Waals surface area (Å²) >= 11 is 0. The predicted octanol–water partition coefficient (Wildman–Crippen LogP) is 2.98. The molecule has 0 aliphatic carbocycles. The Bertz CT molecular complexity index is 369. The van der Waals surface area contributed by atoms with Gasteiger partial charge in [-0.25, -0.2) is 0 Å². The quantitative estimate of drug-likeness (QED) is 0.608. The molecule has 0 amide bonds. The van der Waals surface area contributed by atoms with Gasteiger partial charge in [-0.05, 0) is 37.6 Å². The van der Waals surface area contributed by atoms with E-state index in [0.29, 0.717) is 0 Å². The first kappa shape index (κ1) is 12.8. The molecule has 0 bridgehead atoms. The number of hydrogen-bond donors (Lipinski definition) is 1. The molecule has 2 nitrogen and oxygen atoms in total. The highest BCUT2D eigenvalue weighted by molar-refractivity contribution is 5.47. The second-order valence-electron chi connectivity index (χ2n) is 4.45. The van der Waals surface area contributed by atoms with Crippen LogP contribution in [0.5, 0.6) is 0 Å². The number of rotatable bonds is 5. The second kappa shape index (κ2) is 5.71. The lowest BCUT2D eigenvalue weighted by Gasteiger charge is -2.20. The summed E-state index contributed by atoms with van der Waals surface area (Å²) in [5.41, 5.74) is 10.3. The molecule has 2 N–H and O–H groups in total. The van der Waals surface area contributed by atoms with E-state index in [-0.39, 0.29) is 0 Å². The number of nitrogens with zero attached hydrogens (tertiary/aromatic N) is 1. The van der Waals surface area contributed by atoms with Gasteiger partial charge in [0.25, 0.3) is 0 Å². The van der Waals surface area contributed by atoms with E-state index >= 15 is 0 Å². The Morgan fingerprint density at radius 1 is 1.44 bits per heavy atom. The minimum absolute atomic E-state index is 0.867. The van der Waals surface area contributed by atoms with Crippen LogP contribution in [0.4, 0.5) is 5.69 Å². The van der Waals surface area contributed by atoms with Crippen LogP contribution >= 0.6 is 0 Å². The normalized spacial score (nSPS) is 10.8. The van der Waals surface area contributed by atoms with Crippen LogP contribution in [-0.4, -0.2) is 18.0 Å². The highest BCUT2D eigenvalue weighted by Crippen LogP contribution is 2.14. The molecule has 2 heteroatoms. The van der Waals surface area contributed by atoms with Crippen LogP contribution in [0.15, 0.2) is 30.4 Å². The first-order valence-electron chi connectivity index (χ1n) is 5.74. The topological polar surface area (TPSA) is 29.3 Å². The highest BCUT2D eigenvalue weighted by Gasteiger charge is 2.04. The fraction of sp³-hybridized carbons (Fsp3) is 0.429. The average Bonchev–Trinajstić information content (AvgIpc) is 2.22. The molecule has 0 unspecified atom stereocenters. The minimum atomic E-state index is 0.867. The van der Waals surface area contributed by atoms with E-state index in [4.69, 9.17) is 5.73 Å². The zero-order valence-electron chi connectivity index (χ0n) is 10.6. The molecular formula is C14H22N2. The molecule has 0 aliphatic rings. The molecule has 1 rings (SSSR count). The molecule has 88 valence electrons. The number of likely N-dealkylation sites (N-methyl/N-ethyl adjacent to an activating group) is 1. The maximum Gasteiger partial charge on any atom is 0.0343 e. The van der Waals surface area contributed by atoms with Gasteiger partial charge in [0.1, 0.15) is 0 Å². The van der Waals surface area contributed by atoms with Crippen molar-refractivity contribution in [2.24, 2.45) is 0 Å². The number of anilines is 1. The van der Waals surface area contributed by atoms with Gasteiger partial charge in [-0.2, -0.15) is 0 Å². The van der Waals surface area contributed by atoms with Crippen LogP contribution in [0.2, 0.25) is 0 Å². The van der Waals surface area contributed by atoms with Crippen molar-refractivity contribution >= 4 is 5.69 Å². The molecular weight excluding hydrogens is 196 g/mol. The van der Waals surface area contributed by atoms with Crippen LogP contribution in [0.1, 0.15) is 25.0 Å². The van der Waals surface area contributed by atoms with Crippen molar-refractivity contribution in [3.8, 4) is 0 Å². The van der Waals surface area contributed by atoms with Gasteiger partial charge in [0.05, 0.1) is 0 Å². The van der Waals surface area contributed by atoms with E-state index in [0.717, 1.165) is 30.9 Å². The Hall–Kier alpha value is -1.28. The molecule has 0 fully saturated rings. The molecule has 1 aromatic rings. The molecule has 16 heavy (non-hydrogen) atoms. The van der Waals surface area contributed by atoms with Crippen molar-refractivity contribution in [2.45, 2.75) is 27.3 Å². The first-order valence-corrected chi connectivity index (χ1v) is 5.74. The smallest absolute Gasteiger partial charge is 0.0343 e. The standard InChI is InChI=1S/C14H22N2/c1-5-16(9-11(2)3)10-13-6-7-14(15)12(4)8-13/h6-8H,2,5,9-10,15H2,1,3-4H3. The van der Waals surface area contributed by atoms with Gasteiger partial charge in [0.2, 0.25) is 0 Å². The zero-order valence-corrected chi connectivity index (χ0v) is 10.6. The molecule has 1 aromatic carbocycles. The summed E-state index contributed by atoms with van der Waals surface area (Å²) in [6, 6.07) is 6.25. The zero-order chi connectivity index (χ0) is 12.1. The largest absolute Gasteiger partial charge is 0.399 e. The van der Waals surface area contributed by atoms with Crippen molar-refractivity contribution in [1.82, 2.24) is 4.90 Å². The van der Waals surface area contributed by atoms with E-state index in [9.17, 15) is 0 Å². The predicted molar refractivity (Wildman–Crippen MR) is 71.4 cm³/mol. The average molecular weight is 218 g/mol. The van der Waals surface area contributed by atoms with Gasteiger partial charge in [-0.3, -0.25) is 4.90 Å². The van der Waals surface area contributed by atoms with E-state index < -0.39 is 0 Å². The molecule has 0 radical (unpaired) electrons. The summed E-state index contributed by atoms with van der Waals surface area (Å²) < 4.78 is 0. The fourth-order valence-electron chi connectivity index (χ4n) is 1.76. The number of nitrogens with two attached hydrogens (primary N) is 1. The van der Waals surface area contributed by atoms with Crippen LogP contribution in [0.3, 0.4) is 0 Å². The van der Waals surface area contributed by atoms with Crippen molar-refractivity contribution in [1.29, 1.82) is 0 Å². The number of hydrogen-bond acceptors (Lipinski definition) is 2. The van der Waals surface area contributed by atoms with Crippen molar-refractivity contribution in [3.05, 3.63) is 41.5 Å². The maximum absolute atomic E-state index is 5.81. The van der Waals surface area contributed by atoms with Gasteiger partial charge in [-0.15, -0.1) is 0 Å². The summed E-state index contributed by atoms with van der Waals surface area (Å²) in [5, 5.41) is 0. The third kappa shape index (κ3) is 3.70. The molecule has 0 saturated heterocycles. The lowest BCUT2D eigenvalue weighted by Crippen LogP contribution is -2.24. The van der Waals surface area contributed by atoms with E-state index in [2.05, 4.69) is 37.5 Å². The molecule has 0 saturated carbocycles. The lowest BCUT2D eigenvalue weighted by atomic mass is 10.1. The summed E-state index contributed by atoms with van der Waals surface area (Å²) in [5.74, 6) is 0. The SMILES string of the molecule is C=C(C)CN(CC)Cc1ccc(N)c(C)c1. The van der Waals surface area contributed by atoms with Crippen molar-refractivity contribution in [2.75, 3.05) is 18.8 Å². The Kier molecular flexibility index (Phi) is 4.56. The molecule has 0 aromatic heterocycles. The summed E-state index contributed by atoms with van der Waals surface area (Å²) in [4.78, 5) is 2.37. The van der Waals surface area contributed by atoms with Crippen molar-refractivity contribution < 1.29 is 0 Å². The van der Waals surface area contributed by atoms with Gasteiger partial charge in [0, 0.05) is 18.8 Å². The monoisotopic (exact) mass is 218 g/mol. The summed E-state index contributed by atoms with van der Waals surface area (Å²) in [6.45, 7) is 13.2. The van der Waals surface area contributed by atoms with Gasteiger partial charge < -0.3 is 5.73 Å². The Morgan fingerprint density at radius 2 is 2.12 bits per heavy atom. The molecule has 0 aliphatic heterocycles. The van der Waals surface area contributed by atoms with Crippen LogP contribution < -0.4 is 5.73 Å². The third-order valence-corrected chi connectivity index (χ3v) is 2.68.